The van der Waals surface area contributed by atoms with Gasteiger partial charge in [0.2, 0.25) is 5.16 Å². The molecular weight excluding hydrogens is 212 g/mol. The molecule has 0 saturated carbocycles. The number of aryl methyl sites for hydroxylation is 2. The monoisotopic (exact) mass is 222 g/mol. The highest BCUT2D eigenvalue weighted by Crippen LogP contribution is 2.27. The average Bonchev–Trinajstić information content (AvgIpc) is 2.58. The topological polar surface area (TPSA) is 82.5 Å². The predicted molar refractivity (Wildman–Crippen MR) is 56.3 cm³/mol. The molecule has 0 bridgehead atoms. The molecule has 0 fully saturated rings. The molecule has 0 aromatic carbocycles. The predicted octanol–water partition coefficient (Wildman–Crippen LogP) is 0.647. The summed E-state index contributed by atoms with van der Waals surface area (Å²) in [5.41, 5.74) is 7.35. The van der Waals surface area contributed by atoms with E-state index in [0.29, 0.717) is 10.8 Å². The van der Waals surface area contributed by atoms with E-state index in [0.717, 1.165) is 10.7 Å². The van der Waals surface area contributed by atoms with Crippen LogP contribution in [0.4, 0.5) is 5.69 Å². The molecule has 0 aliphatic carbocycles. The Morgan fingerprint density at radius 2 is 2.20 bits per heavy atom. The molecule has 0 amide bonds. The van der Waals surface area contributed by atoms with E-state index in [4.69, 9.17) is 5.73 Å². The Hall–Kier alpha value is -1.63. The van der Waals surface area contributed by atoms with E-state index in [9.17, 15) is 0 Å². The minimum absolute atomic E-state index is 0.633. The summed E-state index contributed by atoms with van der Waals surface area (Å²) in [5, 5.41) is 12.5. The Balaban J connectivity index is 2.32. The largest absolute Gasteiger partial charge is 0.397 e. The molecule has 0 unspecified atom stereocenters. The van der Waals surface area contributed by atoms with Gasteiger partial charge in [-0.25, -0.2) is 9.67 Å². The number of anilines is 1. The van der Waals surface area contributed by atoms with Gasteiger partial charge in [0.1, 0.15) is 5.03 Å². The number of rotatable bonds is 2. The number of nitrogens with two attached hydrogens (primary N) is 1. The van der Waals surface area contributed by atoms with E-state index in [-0.39, 0.29) is 0 Å². The summed E-state index contributed by atoms with van der Waals surface area (Å²) in [7, 11) is 1.77. The summed E-state index contributed by atoms with van der Waals surface area (Å²) < 4.78 is 1.58. The van der Waals surface area contributed by atoms with E-state index in [1.807, 2.05) is 19.1 Å². The smallest absolute Gasteiger partial charge is 0.215 e. The number of hydrogen-bond donors (Lipinski definition) is 1. The molecule has 2 rings (SSSR count). The molecule has 0 spiro atoms. The molecule has 7 heteroatoms. The van der Waals surface area contributed by atoms with E-state index >= 15 is 0 Å². The van der Waals surface area contributed by atoms with Gasteiger partial charge in [-0.15, -0.1) is 5.10 Å². The molecule has 78 valence electrons. The molecule has 2 N–H and O–H groups in total. The van der Waals surface area contributed by atoms with Crippen LogP contribution in [0.25, 0.3) is 0 Å². The number of nitrogen functional groups attached to an aromatic ring is 1. The van der Waals surface area contributed by atoms with Gasteiger partial charge in [0.05, 0.1) is 5.69 Å². The SMILES string of the molecule is Cc1ccc(N)c(Sc2nnnn2C)n1. The fourth-order valence-corrected chi connectivity index (χ4v) is 1.81. The van der Waals surface area contributed by atoms with Crippen LogP contribution < -0.4 is 5.73 Å². The van der Waals surface area contributed by atoms with Gasteiger partial charge < -0.3 is 5.73 Å². The minimum Gasteiger partial charge on any atom is -0.397 e. The van der Waals surface area contributed by atoms with Gasteiger partial charge in [-0.3, -0.25) is 0 Å². The fraction of sp³-hybridized carbons (Fsp3) is 0.250. The standard InChI is InChI=1S/C8H10N6S/c1-5-3-4-6(9)7(10-5)15-8-11-12-13-14(8)2/h3-4H,9H2,1-2H3. The highest BCUT2D eigenvalue weighted by Gasteiger charge is 2.08. The summed E-state index contributed by atoms with van der Waals surface area (Å²) >= 11 is 1.35. The maximum Gasteiger partial charge on any atom is 0.215 e. The van der Waals surface area contributed by atoms with Gasteiger partial charge in [-0.2, -0.15) is 0 Å². The van der Waals surface area contributed by atoms with Gasteiger partial charge >= 0.3 is 0 Å². The first-order chi connectivity index (χ1) is 7.16. The Morgan fingerprint density at radius 3 is 2.87 bits per heavy atom. The first-order valence-electron chi connectivity index (χ1n) is 4.30. The third kappa shape index (κ3) is 2.07. The van der Waals surface area contributed by atoms with Crippen molar-refractivity contribution in [2.75, 3.05) is 5.73 Å². The number of pyridine rings is 1. The van der Waals surface area contributed by atoms with Crippen molar-refractivity contribution in [2.24, 2.45) is 7.05 Å². The van der Waals surface area contributed by atoms with Crippen LogP contribution in [0, 0.1) is 6.92 Å². The van der Waals surface area contributed by atoms with E-state index in [1.165, 1.54) is 11.8 Å². The van der Waals surface area contributed by atoms with Crippen molar-refractivity contribution in [1.82, 2.24) is 25.2 Å². The van der Waals surface area contributed by atoms with Gasteiger partial charge in [0.15, 0.2) is 0 Å². The average molecular weight is 222 g/mol. The van der Waals surface area contributed by atoms with Gasteiger partial charge in [0.25, 0.3) is 0 Å². The molecule has 6 nitrogen and oxygen atoms in total. The van der Waals surface area contributed by atoms with Crippen LogP contribution in [0.2, 0.25) is 0 Å². The van der Waals surface area contributed by atoms with Crippen molar-refractivity contribution in [1.29, 1.82) is 0 Å². The van der Waals surface area contributed by atoms with Crippen LogP contribution in [-0.4, -0.2) is 25.2 Å². The highest BCUT2D eigenvalue weighted by molar-refractivity contribution is 7.99. The lowest BCUT2D eigenvalue weighted by atomic mass is 10.3. The molecule has 0 radical (unpaired) electrons. The van der Waals surface area contributed by atoms with Crippen molar-refractivity contribution >= 4 is 17.4 Å². The highest BCUT2D eigenvalue weighted by atomic mass is 32.2. The zero-order valence-electron chi connectivity index (χ0n) is 8.38. The van der Waals surface area contributed by atoms with Crippen molar-refractivity contribution in [2.45, 2.75) is 17.1 Å². The molecule has 0 saturated heterocycles. The lowest BCUT2D eigenvalue weighted by Crippen LogP contribution is -1.97. The molecule has 0 aliphatic rings. The second kappa shape index (κ2) is 3.85. The minimum atomic E-state index is 0.633. The molecular formula is C8H10N6S. The summed E-state index contributed by atoms with van der Waals surface area (Å²) in [6, 6.07) is 3.70. The first-order valence-corrected chi connectivity index (χ1v) is 5.12. The number of hydrogen-bond acceptors (Lipinski definition) is 6. The first kappa shape index (κ1) is 9.91. The summed E-state index contributed by atoms with van der Waals surface area (Å²) in [6.07, 6.45) is 0. The molecule has 2 heterocycles. The zero-order valence-corrected chi connectivity index (χ0v) is 9.19. The molecule has 0 atom stereocenters. The van der Waals surface area contributed by atoms with E-state index in [1.54, 1.807) is 11.7 Å². The Bertz CT molecular complexity index is 480. The van der Waals surface area contributed by atoms with Crippen molar-refractivity contribution in [3.63, 3.8) is 0 Å². The van der Waals surface area contributed by atoms with Crippen molar-refractivity contribution in [3.05, 3.63) is 17.8 Å². The summed E-state index contributed by atoms with van der Waals surface area (Å²) in [5.74, 6) is 0. The number of tetrazole rings is 1. The van der Waals surface area contributed by atoms with Crippen LogP contribution in [0.1, 0.15) is 5.69 Å². The normalized spacial score (nSPS) is 10.5. The molecule has 0 aliphatic heterocycles. The second-order valence-electron chi connectivity index (χ2n) is 3.03. The maximum absolute atomic E-state index is 5.79. The van der Waals surface area contributed by atoms with Gasteiger partial charge in [0, 0.05) is 12.7 Å². The Labute approximate surface area is 90.9 Å². The van der Waals surface area contributed by atoms with Gasteiger partial charge in [-0.1, -0.05) is 0 Å². The van der Waals surface area contributed by atoms with Crippen LogP contribution in [-0.2, 0) is 7.05 Å². The third-order valence-electron chi connectivity index (χ3n) is 1.80. The van der Waals surface area contributed by atoms with Crippen molar-refractivity contribution < 1.29 is 0 Å². The van der Waals surface area contributed by atoms with Crippen LogP contribution >= 0.6 is 11.8 Å². The third-order valence-corrected chi connectivity index (χ3v) is 2.85. The zero-order chi connectivity index (χ0) is 10.8. The Kier molecular flexibility index (Phi) is 2.55. The quantitative estimate of drug-likeness (QED) is 0.803. The van der Waals surface area contributed by atoms with E-state index in [2.05, 4.69) is 20.5 Å². The number of nitrogens with zero attached hydrogens (tertiary/aromatic N) is 5. The van der Waals surface area contributed by atoms with E-state index < -0.39 is 0 Å². The molecule has 2 aromatic rings. The Morgan fingerprint density at radius 1 is 1.40 bits per heavy atom. The number of aromatic nitrogens is 5. The molecule has 2 aromatic heterocycles. The van der Waals surface area contributed by atoms with Crippen LogP contribution in [0.3, 0.4) is 0 Å². The molecule has 15 heavy (non-hydrogen) atoms. The summed E-state index contributed by atoms with van der Waals surface area (Å²) in [6.45, 7) is 1.92. The summed E-state index contributed by atoms with van der Waals surface area (Å²) in [4.78, 5) is 4.32. The lowest BCUT2D eigenvalue weighted by Gasteiger charge is -2.03. The maximum atomic E-state index is 5.79. The lowest BCUT2D eigenvalue weighted by molar-refractivity contribution is 0.664. The van der Waals surface area contributed by atoms with Gasteiger partial charge in [-0.05, 0) is 41.2 Å². The second-order valence-corrected chi connectivity index (χ2v) is 3.99. The van der Waals surface area contributed by atoms with Crippen LogP contribution in [0.15, 0.2) is 22.3 Å². The van der Waals surface area contributed by atoms with Crippen LogP contribution in [0.5, 0.6) is 0 Å². The van der Waals surface area contributed by atoms with Crippen molar-refractivity contribution in [3.8, 4) is 0 Å². The fourth-order valence-electron chi connectivity index (χ4n) is 1.02.